The fourth-order valence-corrected chi connectivity index (χ4v) is 4.24. The van der Waals surface area contributed by atoms with E-state index in [1.807, 2.05) is 0 Å². The monoisotopic (exact) mass is 601 g/mol. The van der Waals surface area contributed by atoms with Crippen molar-refractivity contribution in [2.45, 2.75) is 17.5 Å². The molecule has 0 aliphatic heterocycles. The molecule has 1 amide bonds. The Balaban J connectivity index is 1.59. The van der Waals surface area contributed by atoms with E-state index < -0.39 is 35.1 Å². The van der Waals surface area contributed by atoms with Crippen molar-refractivity contribution in [3.63, 3.8) is 0 Å². The van der Waals surface area contributed by atoms with E-state index in [2.05, 4.69) is 36.4 Å². The number of alkyl halides is 6. The van der Waals surface area contributed by atoms with E-state index in [4.69, 9.17) is 0 Å². The number of nitrogens with one attached hydrogen (secondary N) is 1. The number of hydrogen-bond donors (Lipinski definition) is 1. The molecule has 0 bridgehead atoms. The normalized spacial score (nSPS) is 12.0. The Bertz CT molecular complexity index is 1380. The van der Waals surface area contributed by atoms with Gasteiger partial charge in [0.15, 0.2) is 11.0 Å². The van der Waals surface area contributed by atoms with Gasteiger partial charge in [-0.2, -0.15) is 26.3 Å². The number of nitrogens with zero attached hydrogens (tertiary/aromatic N) is 4. The Kier molecular flexibility index (Phi) is 7.59. The Labute approximate surface area is 218 Å². The van der Waals surface area contributed by atoms with E-state index >= 15 is 0 Å². The number of pyridine rings is 1. The van der Waals surface area contributed by atoms with Crippen LogP contribution in [0.3, 0.4) is 0 Å². The molecule has 0 aliphatic carbocycles. The van der Waals surface area contributed by atoms with E-state index in [1.165, 1.54) is 0 Å². The van der Waals surface area contributed by atoms with Crippen LogP contribution in [0.4, 0.5) is 32.0 Å². The SMILES string of the molecule is O=C(CSc1nnc(-c2ccncc2)n1-c1ccc(Br)cc1)Nc1cc(C(F)(F)F)cc(C(F)(F)F)c1. The zero-order chi connectivity index (χ0) is 26.8. The number of halogens is 7. The Morgan fingerprint density at radius 2 is 1.49 bits per heavy atom. The fraction of sp³-hybridized carbons (Fsp3) is 0.130. The average molecular weight is 602 g/mol. The zero-order valence-corrected chi connectivity index (χ0v) is 20.7. The van der Waals surface area contributed by atoms with E-state index in [-0.39, 0.29) is 17.0 Å². The van der Waals surface area contributed by atoms with Gasteiger partial charge in [-0.05, 0) is 54.6 Å². The minimum atomic E-state index is -5.03. The first-order chi connectivity index (χ1) is 17.4. The number of rotatable bonds is 6. The van der Waals surface area contributed by atoms with Crippen LogP contribution in [-0.4, -0.2) is 31.4 Å². The summed E-state index contributed by atoms with van der Waals surface area (Å²) in [4.78, 5) is 16.5. The number of aromatic nitrogens is 4. The highest BCUT2D eigenvalue weighted by Crippen LogP contribution is 2.37. The maximum atomic E-state index is 13.1. The van der Waals surface area contributed by atoms with Crippen LogP contribution in [-0.2, 0) is 17.1 Å². The van der Waals surface area contributed by atoms with Crippen molar-refractivity contribution in [1.82, 2.24) is 19.7 Å². The minimum absolute atomic E-state index is 0.00821. The second-order valence-electron chi connectivity index (χ2n) is 7.49. The van der Waals surface area contributed by atoms with Crippen LogP contribution >= 0.6 is 27.7 Å². The van der Waals surface area contributed by atoms with E-state index in [9.17, 15) is 31.1 Å². The van der Waals surface area contributed by atoms with Crippen LogP contribution in [0, 0.1) is 0 Å². The lowest BCUT2D eigenvalue weighted by atomic mass is 10.1. The highest BCUT2D eigenvalue weighted by Gasteiger charge is 2.37. The molecule has 0 saturated carbocycles. The molecule has 2 aromatic carbocycles. The van der Waals surface area contributed by atoms with Gasteiger partial charge in [0.25, 0.3) is 0 Å². The molecule has 0 saturated heterocycles. The molecule has 37 heavy (non-hydrogen) atoms. The molecule has 0 atom stereocenters. The Morgan fingerprint density at radius 3 is 2.05 bits per heavy atom. The molecule has 0 fully saturated rings. The maximum absolute atomic E-state index is 13.1. The number of hydrogen-bond acceptors (Lipinski definition) is 5. The van der Waals surface area contributed by atoms with Crippen molar-refractivity contribution >= 4 is 39.3 Å². The minimum Gasteiger partial charge on any atom is -0.325 e. The number of carbonyl (C=O) groups excluding carboxylic acids is 1. The van der Waals surface area contributed by atoms with Crippen molar-refractivity contribution in [2.75, 3.05) is 11.1 Å². The summed E-state index contributed by atoms with van der Waals surface area (Å²) >= 11 is 4.27. The quantitative estimate of drug-likeness (QED) is 0.193. The van der Waals surface area contributed by atoms with Crippen LogP contribution in [0.1, 0.15) is 11.1 Å². The summed E-state index contributed by atoms with van der Waals surface area (Å²) in [5.41, 5.74) is -2.33. The van der Waals surface area contributed by atoms with Gasteiger partial charge in [0, 0.05) is 33.8 Å². The molecular weight excluding hydrogens is 588 g/mol. The predicted molar refractivity (Wildman–Crippen MR) is 128 cm³/mol. The van der Waals surface area contributed by atoms with E-state index in [1.54, 1.807) is 53.4 Å². The molecule has 2 aromatic heterocycles. The van der Waals surface area contributed by atoms with Crippen LogP contribution in [0.25, 0.3) is 17.1 Å². The van der Waals surface area contributed by atoms with Crippen LogP contribution in [0.2, 0.25) is 0 Å². The molecule has 4 rings (SSSR count). The van der Waals surface area contributed by atoms with Gasteiger partial charge in [-0.15, -0.1) is 10.2 Å². The Hall–Kier alpha value is -3.39. The second-order valence-corrected chi connectivity index (χ2v) is 9.34. The molecule has 0 spiro atoms. The van der Waals surface area contributed by atoms with Gasteiger partial charge in [-0.1, -0.05) is 27.7 Å². The molecule has 6 nitrogen and oxygen atoms in total. The summed E-state index contributed by atoms with van der Waals surface area (Å²) in [7, 11) is 0. The summed E-state index contributed by atoms with van der Waals surface area (Å²) in [5, 5.41) is 10.7. The molecule has 192 valence electrons. The number of thioether (sulfide) groups is 1. The van der Waals surface area contributed by atoms with Crippen molar-refractivity contribution < 1.29 is 31.1 Å². The average Bonchev–Trinajstić information content (AvgIpc) is 3.26. The van der Waals surface area contributed by atoms with Gasteiger partial charge < -0.3 is 5.32 Å². The number of amides is 1. The third kappa shape index (κ3) is 6.49. The van der Waals surface area contributed by atoms with Gasteiger partial charge in [-0.25, -0.2) is 0 Å². The highest BCUT2D eigenvalue weighted by atomic mass is 79.9. The van der Waals surface area contributed by atoms with Gasteiger partial charge >= 0.3 is 12.4 Å². The molecular formula is C23H14BrF6N5OS. The summed E-state index contributed by atoms with van der Waals surface area (Å²) < 4.78 is 81.1. The third-order valence-corrected chi connectivity index (χ3v) is 6.32. The van der Waals surface area contributed by atoms with Crippen LogP contribution in [0.15, 0.2) is 76.6 Å². The molecule has 1 N–H and O–H groups in total. The maximum Gasteiger partial charge on any atom is 0.416 e. The van der Waals surface area contributed by atoms with Gasteiger partial charge in [-0.3, -0.25) is 14.3 Å². The van der Waals surface area contributed by atoms with Crippen molar-refractivity contribution in [3.8, 4) is 17.1 Å². The third-order valence-electron chi connectivity index (χ3n) is 4.86. The van der Waals surface area contributed by atoms with Crippen molar-refractivity contribution in [3.05, 3.63) is 82.6 Å². The van der Waals surface area contributed by atoms with Gasteiger partial charge in [0.05, 0.1) is 16.9 Å². The summed E-state index contributed by atoms with van der Waals surface area (Å²) in [6, 6.07) is 11.5. The standard InChI is InChI=1S/C23H14BrF6N5OS/c24-16-1-3-18(4-2-16)35-20(13-5-7-31-8-6-13)33-34-21(35)37-12-19(36)32-17-10-14(22(25,26)27)9-15(11-17)23(28,29)30/h1-11H,12H2,(H,32,36). The van der Waals surface area contributed by atoms with E-state index in [0.29, 0.717) is 29.2 Å². The smallest absolute Gasteiger partial charge is 0.325 e. The topological polar surface area (TPSA) is 72.7 Å². The molecule has 2 heterocycles. The van der Waals surface area contributed by atoms with Crippen molar-refractivity contribution in [1.29, 1.82) is 0 Å². The summed E-state index contributed by atoms with van der Waals surface area (Å²) in [6.07, 6.45) is -6.92. The first-order valence-electron chi connectivity index (χ1n) is 10.3. The highest BCUT2D eigenvalue weighted by molar-refractivity contribution is 9.10. The lowest BCUT2D eigenvalue weighted by Crippen LogP contribution is -2.17. The molecule has 0 aliphatic rings. The van der Waals surface area contributed by atoms with Crippen LogP contribution in [0.5, 0.6) is 0 Å². The van der Waals surface area contributed by atoms with Crippen LogP contribution < -0.4 is 5.32 Å². The summed E-state index contributed by atoms with van der Waals surface area (Å²) in [6.45, 7) is 0. The first-order valence-corrected chi connectivity index (χ1v) is 12.0. The molecule has 14 heteroatoms. The number of anilines is 1. The van der Waals surface area contributed by atoms with Gasteiger partial charge in [0.1, 0.15) is 0 Å². The largest absolute Gasteiger partial charge is 0.416 e. The zero-order valence-electron chi connectivity index (χ0n) is 18.3. The Morgan fingerprint density at radius 1 is 0.892 bits per heavy atom. The second kappa shape index (κ2) is 10.5. The number of carbonyl (C=O) groups is 1. The molecule has 4 aromatic rings. The lowest BCUT2D eigenvalue weighted by Gasteiger charge is -2.15. The lowest BCUT2D eigenvalue weighted by molar-refractivity contribution is -0.143. The summed E-state index contributed by atoms with van der Waals surface area (Å²) in [5.74, 6) is -0.739. The molecule has 0 unspecified atom stereocenters. The van der Waals surface area contributed by atoms with Gasteiger partial charge in [0.2, 0.25) is 5.91 Å². The first kappa shape index (κ1) is 26.7. The predicted octanol–water partition coefficient (Wildman–Crippen LogP) is 6.86. The van der Waals surface area contributed by atoms with E-state index in [0.717, 1.165) is 16.2 Å². The molecule has 0 radical (unpaired) electrons. The van der Waals surface area contributed by atoms with Crippen molar-refractivity contribution in [2.24, 2.45) is 0 Å². The number of benzene rings is 2. The fourth-order valence-electron chi connectivity index (χ4n) is 3.23.